The van der Waals surface area contributed by atoms with E-state index < -0.39 is 5.97 Å². The number of ketones is 1. The van der Waals surface area contributed by atoms with Crippen molar-refractivity contribution in [3.63, 3.8) is 0 Å². The summed E-state index contributed by atoms with van der Waals surface area (Å²) in [6.45, 7) is 0.597. The highest BCUT2D eigenvalue weighted by Gasteiger charge is 2.15. The first-order chi connectivity index (χ1) is 12.1. The van der Waals surface area contributed by atoms with E-state index in [9.17, 15) is 9.59 Å². The molecule has 0 aliphatic carbocycles. The Morgan fingerprint density at radius 2 is 1.84 bits per heavy atom. The summed E-state index contributed by atoms with van der Waals surface area (Å²) in [5.74, 6) is 0.245. The van der Waals surface area contributed by atoms with Crippen LogP contribution in [0.4, 0.5) is 0 Å². The average Bonchev–Trinajstić information content (AvgIpc) is 2.65. The van der Waals surface area contributed by atoms with Crippen molar-refractivity contribution in [2.45, 2.75) is 0 Å². The van der Waals surface area contributed by atoms with Crippen molar-refractivity contribution in [1.82, 2.24) is 0 Å². The van der Waals surface area contributed by atoms with Crippen LogP contribution < -0.4 is 9.47 Å². The van der Waals surface area contributed by atoms with Gasteiger partial charge >= 0.3 is 5.97 Å². The molecule has 0 saturated heterocycles. The first-order valence-electron chi connectivity index (χ1n) is 7.66. The first kappa shape index (κ1) is 17.2. The van der Waals surface area contributed by atoms with E-state index in [0.717, 1.165) is 10.0 Å². The molecule has 1 aliphatic rings. The summed E-state index contributed by atoms with van der Waals surface area (Å²) >= 11 is 3.39. The smallest absolute Gasteiger partial charge is 0.331 e. The number of halogens is 1. The molecule has 0 unspecified atom stereocenters. The number of carbonyl (C=O) groups is 2. The van der Waals surface area contributed by atoms with Gasteiger partial charge in [-0.1, -0.05) is 34.1 Å². The number of rotatable bonds is 5. The Hall–Kier alpha value is -2.60. The monoisotopic (exact) mass is 402 g/mol. The van der Waals surface area contributed by atoms with Gasteiger partial charge in [0.05, 0.1) is 0 Å². The minimum Gasteiger partial charge on any atom is -0.486 e. The maximum Gasteiger partial charge on any atom is 0.331 e. The van der Waals surface area contributed by atoms with Gasteiger partial charge in [-0.15, -0.1) is 0 Å². The molecule has 0 N–H and O–H groups in total. The van der Waals surface area contributed by atoms with Gasteiger partial charge in [0.25, 0.3) is 0 Å². The van der Waals surface area contributed by atoms with Crippen LogP contribution in [0.15, 0.2) is 53.0 Å². The number of ether oxygens (including phenoxy) is 3. The van der Waals surface area contributed by atoms with Crippen LogP contribution >= 0.6 is 15.9 Å². The van der Waals surface area contributed by atoms with Crippen molar-refractivity contribution in [3.05, 3.63) is 64.1 Å². The fourth-order valence-electron chi connectivity index (χ4n) is 2.25. The molecule has 0 radical (unpaired) electrons. The van der Waals surface area contributed by atoms with Gasteiger partial charge in [0.2, 0.25) is 0 Å². The zero-order chi connectivity index (χ0) is 17.6. The quantitative estimate of drug-likeness (QED) is 0.433. The summed E-state index contributed by atoms with van der Waals surface area (Å²) in [5, 5.41) is 0. The van der Waals surface area contributed by atoms with Crippen LogP contribution in [0.3, 0.4) is 0 Å². The molecule has 0 spiro atoms. The maximum atomic E-state index is 12.2. The van der Waals surface area contributed by atoms with E-state index in [1.165, 1.54) is 6.08 Å². The number of Topliss-reactive ketones (excluding diaryl/α,β-unsaturated/α-hetero) is 1. The van der Waals surface area contributed by atoms with E-state index in [4.69, 9.17) is 14.2 Å². The van der Waals surface area contributed by atoms with Crippen molar-refractivity contribution in [2.24, 2.45) is 0 Å². The Balaban J connectivity index is 1.57. The van der Waals surface area contributed by atoms with E-state index in [2.05, 4.69) is 15.9 Å². The third-order valence-corrected chi connectivity index (χ3v) is 4.24. The summed E-state index contributed by atoms with van der Waals surface area (Å²) in [6, 6.07) is 12.4. The topological polar surface area (TPSA) is 61.8 Å². The van der Waals surface area contributed by atoms with Crippen LogP contribution in [0, 0.1) is 0 Å². The largest absolute Gasteiger partial charge is 0.486 e. The van der Waals surface area contributed by atoms with Crippen molar-refractivity contribution < 1.29 is 23.8 Å². The zero-order valence-electron chi connectivity index (χ0n) is 13.2. The predicted molar refractivity (Wildman–Crippen MR) is 95.9 cm³/mol. The predicted octanol–water partition coefficient (Wildman–Crippen LogP) is 3.66. The molecule has 6 heteroatoms. The van der Waals surface area contributed by atoms with E-state index in [1.54, 1.807) is 24.3 Å². The lowest BCUT2D eigenvalue weighted by molar-refractivity contribution is -0.136. The van der Waals surface area contributed by atoms with Gasteiger partial charge in [-0.3, -0.25) is 4.79 Å². The summed E-state index contributed by atoms with van der Waals surface area (Å²) in [7, 11) is 0. The van der Waals surface area contributed by atoms with Gasteiger partial charge in [0.15, 0.2) is 23.9 Å². The summed E-state index contributed by atoms with van der Waals surface area (Å²) in [6.07, 6.45) is 2.91. The molecule has 0 atom stereocenters. The molecule has 0 fully saturated rings. The van der Waals surface area contributed by atoms with Gasteiger partial charge in [-0.2, -0.15) is 0 Å². The summed E-state index contributed by atoms with van der Waals surface area (Å²) in [4.78, 5) is 23.9. The molecule has 2 aromatic rings. The molecular formula is C19H15BrO5. The molecule has 0 amide bonds. The van der Waals surface area contributed by atoms with Gasteiger partial charge in [-0.25, -0.2) is 4.79 Å². The van der Waals surface area contributed by atoms with Crippen LogP contribution in [-0.4, -0.2) is 31.6 Å². The number of esters is 1. The average molecular weight is 403 g/mol. The molecule has 0 bridgehead atoms. The minimum absolute atomic E-state index is 0.306. The van der Waals surface area contributed by atoms with Gasteiger partial charge in [0.1, 0.15) is 13.2 Å². The molecule has 25 heavy (non-hydrogen) atoms. The second-order valence-electron chi connectivity index (χ2n) is 5.24. The van der Waals surface area contributed by atoms with Crippen molar-refractivity contribution in [1.29, 1.82) is 0 Å². The number of fused-ring (bicyclic) bond motifs is 1. The molecule has 2 aromatic carbocycles. The van der Waals surface area contributed by atoms with Gasteiger partial charge in [-0.05, 0) is 35.9 Å². The Morgan fingerprint density at radius 3 is 2.64 bits per heavy atom. The molecule has 1 aliphatic heterocycles. The number of carbonyl (C=O) groups excluding carboxylic acids is 2. The highest BCUT2D eigenvalue weighted by Crippen LogP contribution is 2.30. The first-order valence-corrected chi connectivity index (χ1v) is 8.45. The van der Waals surface area contributed by atoms with Crippen LogP contribution in [0.5, 0.6) is 11.5 Å². The lowest BCUT2D eigenvalue weighted by atomic mass is 10.1. The lowest BCUT2D eigenvalue weighted by Crippen LogP contribution is -2.17. The molecule has 0 aromatic heterocycles. The SMILES string of the molecule is O=C(/C=C/c1ccccc1Br)OCC(=O)c1ccc2c(c1)OCCO2. The standard InChI is InChI=1S/C19H15BrO5/c20-15-4-2-1-3-13(15)6-8-19(22)25-12-16(21)14-5-7-17-18(11-14)24-10-9-23-17/h1-8,11H,9-10,12H2/b8-6+. The second-order valence-corrected chi connectivity index (χ2v) is 6.10. The number of benzene rings is 2. The fourth-order valence-corrected chi connectivity index (χ4v) is 2.67. The van der Waals surface area contributed by atoms with Gasteiger partial charge in [0, 0.05) is 16.1 Å². The van der Waals surface area contributed by atoms with Crippen LogP contribution in [0.2, 0.25) is 0 Å². The molecule has 128 valence electrons. The third-order valence-electron chi connectivity index (χ3n) is 3.51. The maximum absolute atomic E-state index is 12.2. The Morgan fingerprint density at radius 1 is 1.08 bits per heavy atom. The highest BCUT2D eigenvalue weighted by molar-refractivity contribution is 9.10. The number of hydrogen-bond acceptors (Lipinski definition) is 5. The summed E-state index contributed by atoms with van der Waals surface area (Å²) in [5.41, 5.74) is 1.25. The lowest BCUT2D eigenvalue weighted by Gasteiger charge is -2.18. The Kier molecular flexibility index (Phi) is 5.50. The van der Waals surface area contributed by atoms with E-state index in [1.807, 2.05) is 24.3 Å². The molecule has 5 nitrogen and oxygen atoms in total. The Labute approximate surface area is 153 Å². The Bertz CT molecular complexity index is 828. The normalized spacial score (nSPS) is 12.8. The summed E-state index contributed by atoms with van der Waals surface area (Å²) < 4.78 is 16.7. The van der Waals surface area contributed by atoms with Crippen molar-refractivity contribution >= 4 is 33.8 Å². The minimum atomic E-state index is -0.582. The van der Waals surface area contributed by atoms with Gasteiger partial charge < -0.3 is 14.2 Å². The van der Waals surface area contributed by atoms with Crippen molar-refractivity contribution in [2.75, 3.05) is 19.8 Å². The van der Waals surface area contributed by atoms with E-state index in [-0.39, 0.29) is 12.4 Å². The molecule has 1 heterocycles. The molecule has 0 saturated carbocycles. The van der Waals surface area contributed by atoms with Crippen LogP contribution in [-0.2, 0) is 9.53 Å². The van der Waals surface area contributed by atoms with Crippen molar-refractivity contribution in [3.8, 4) is 11.5 Å². The third kappa shape index (κ3) is 4.48. The molecule has 3 rings (SSSR count). The second kappa shape index (κ2) is 7.98. The zero-order valence-corrected chi connectivity index (χ0v) is 14.8. The van der Waals surface area contributed by atoms with Crippen LogP contribution in [0.1, 0.15) is 15.9 Å². The highest BCUT2D eigenvalue weighted by atomic mass is 79.9. The fraction of sp³-hybridized carbons (Fsp3) is 0.158. The van der Waals surface area contributed by atoms with E-state index >= 15 is 0 Å². The van der Waals surface area contributed by atoms with Crippen LogP contribution in [0.25, 0.3) is 6.08 Å². The molecular weight excluding hydrogens is 388 g/mol. The number of hydrogen-bond donors (Lipinski definition) is 0. The van der Waals surface area contributed by atoms with E-state index in [0.29, 0.717) is 30.3 Å².